The van der Waals surface area contributed by atoms with Gasteiger partial charge < -0.3 is 9.47 Å². The smallest absolute Gasteiger partial charge is 0.292 e. The first-order chi connectivity index (χ1) is 11.3. The number of ether oxygens (including phenoxy) is 2. The molecule has 0 aromatic heterocycles. The van der Waals surface area contributed by atoms with E-state index >= 15 is 0 Å². The number of nitrogens with one attached hydrogen (secondary N) is 1. The lowest BCUT2D eigenvalue weighted by atomic mass is 10.3. The maximum Gasteiger partial charge on any atom is 0.292 e. The van der Waals surface area contributed by atoms with Gasteiger partial charge in [-0.05, 0) is 24.3 Å². The van der Waals surface area contributed by atoms with Gasteiger partial charge in [0, 0.05) is 6.07 Å². The van der Waals surface area contributed by atoms with Crippen LogP contribution >= 0.6 is 0 Å². The highest BCUT2D eigenvalue weighted by Gasteiger charge is 2.26. The molecule has 0 fully saturated rings. The van der Waals surface area contributed by atoms with Crippen LogP contribution in [0, 0.1) is 15.9 Å². The lowest BCUT2D eigenvalue weighted by molar-refractivity contribution is -0.388. The van der Waals surface area contributed by atoms with E-state index in [1.54, 1.807) is 0 Å². The molecular formula is C14H13FN2O6S. The van der Waals surface area contributed by atoms with Crippen LogP contribution in [-0.2, 0) is 10.0 Å². The molecule has 0 bridgehead atoms. The number of hydrogen-bond acceptors (Lipinski definition) is 6. The van der Waals surface area contributed by atoms with E-state index in [2.05, 4.69) is 4.72 Å². The zero-order valence-corrected chi connectivity index (χ0v) is 13.5. The summed E-state index contributed by atoms with van der Waals surface area (Å²) in [6.45, 7) is 0. The Morgan fingerprint density at radius 2 is 1.75 bits per heavy atom. The standard InChI is InChI=1S/C14H13FN2O6S/c1-22-12-5-4-10(8-13(12)23-2)16-24(20,21)14-6-3-9(15)7-11(14)17(18)19/h3-8,16H,1-2H3. The first kappa shape index (κ1) is 17.5. The predicted octanol–water partition coefficient (Wildman–Crippen LogP) is 2.55. The molecule has 0 unspecified atom stereocenters. The van der Waals surface area contributed by atoms with E-state index < -0.39 is 31.3 Å². The summed E-state index contributed by atoms with van der Waals surface area (Å²) < 4.78 is 50.2. The minimum atomic E-state index is -4.31. The number of hydrogen-bond donors (Lipinski definition) is 1. The molecular weight excluding hydrogens is 343 g/mol. The van der Waals surface area contributed by atoms with Gasteiger partial charge in [-0.25, -0.2) is 12.8 Å². The number of sulfonamides is 1. The second-order valence-corrected chi connectivity index (χ2v) is 6.20. The van der Waals surface area contributed by atoms with Gasteiger partial charge in [0.05, 0.1) is 30.9 Å². The molecule has 0 saturated carbocycles. The molecule has 8 nitrogen and oxygen atoms in total. The van der Waals surface area contributed by atoms with Gasteiger partial charge in [-0.15, -0.1) is 0 Å². The number of nitrogens with zero attached hydrogens (tertiary/aromatic N) is 1. The van der Waals surface area contributed by atoms with Gasteiger partial charge in [-0.1, -0.05) is 0 Å². The molecule has 2 aromatic carbocycles. The van der Waals surface area contributed by atoms with Crippen molar-refractivity contribution < 1.29 is 27.2 Å². The van der Waals surface area contributed by atoms with Crippen LogP contribution in [-0.4, -0.2) is 27.6 Å². The number of anilines is 1. The van der Waals surface area contributed by atoms with E-state index in [4.69, 9.17) is 9.47 Å². The summed E-state index contributed by atoms with van der Waals surface area (Å²) in [4.78, 5) is 9.35. The Morgan fingerprint density at radius 1 is 1.08 bits per heavy atom. The number of nitro benzene ring substituents is 1. The third-order valence-electron chi connectivity index (χ3n) is 3.04. The Hall–Kier alpha value is -2.88. The molecule has 0 aliphatic heterocycles. The minimum Gasteiger partial charge on any atom is -0.493 e. The summed E-state index contributed by atoms with van der Waals surface area (Å²) in [6.07, 6.45) is 0. The molecule has 0 amide bonds. The van der Waals surface area contributed by atoms with Gasteiger partial charge in [-0.2, -0.15) is 0 Å². The zero-order valence-electron chi connectivity index (χ0n) is 12.6. The van der Waals surface area contributed by atoms with Crippen molar-refractivity contribution >= 4 is 21.4 Å². The van der Waals surface area contributed by atoms with Crippen LogP contribution < -0.4 is 14.2 Å². The van der Waals surface area contributed by atoms with Gasteiger partial charge in [-0.3, -0.25) is 14.8 Å². The summed E-state index contributed by atoms with van der Waals surface area (Å²) in [6, 6.07) is 6.42. The van der Waals surface area contributed by atoms with Crippen LogP contribution in [0.15, 0.2) is 41.3 Å². The molecule has 0 aliphatic carbocycles. The van der Waals surface area contributed by atoms with Crippen LogP contribution in [0.5, 0.6) is 11.5 Å². The van der Waals surface area contributed by atoms with Crippen molar-refractivity contribution in [3.05, 3.63) is 52.3 Å². The lowest BCUT2D eigenvalue weighted by Crippen LogP contribution is -2.15. The number of methoxy groups -OCH3 is 2. The topological polar surface area (TPSA) is 108 Å². The quantitative estimate of drug-likeness (QED) is 0.629. The van der Waals surface area contributed by atoms with Crippen molar-refractivity contribution in [3.63, 3.8) is 0 Å². The summed E-state index contributed by atoms with van der Waals surface area (Å²) in [5.41, 5.74) is -0.755. The third-order valence-corrected chi connectivity index (χ3v) is 4.47. The fourth-order valence-electron chi connectivity index (χ4n) is 1.97. The number of nitro groups is 1. The fourth-order valence-corrected chi connectivity index (χ4v) is 3.17. The molecule has 0 atom stereocenters. The normalized spacial score (nSPS) is 11.0. The third kappa shape index (κ3) is 3.54. The monoisotopic (exact) mass is 356 g/mol. The molecule has 0 spiro atoms. The van der Waals surface area contributed by atoms with E-state index in [0.29, 0.717) is 11.8 Å². The largest absolute Gasteiger partial charge is 0.493 e. The average molecular weight is 356 g/mol. The molecule has 2 aromatic rings. The van der Waals surface area contributed by atoms with Crippen LogP contribution in [0.4, 0.5) is 15.8 Å². The summed E-state index contributed by atoms with van der Waals surface area (Å²) in [7, 11) is -1.51. The second-order valence-electron chi connectivity index (χ2n) is 4.54. The Balaban J connectivity index is 2.44. The Labute approximate surface area is 137 Å². The van der Waals surface area contributed by atoms with Crippen molar-refractivity contribution in [1.82, 2.24) is 0 Å². The SMILES string of the molecule is COc1ccc(NS(=O)(=O)c2ccc(F)cc2[N+](=O)[O-])cc1OC. The van der Waals surface area contributed by atoms with E-state index in [0.717, 1.165) is 12.1 Å². The highest BCUT2D eigenvalue weighted by Crippen LogP contribution is 2.32. The van der Waals surface area contributed by atoms with Crippen molar-refractivity contribution in [2.45, 2.75) is 4.90 Å². The van der Waals surface area contributed by atoms with Crippen LogP contribution in [0.1, 0.15) is 0 Å². The maximum absolute atomic E-state index is 13.2. The van der Waals surface area contributed by atoms with E-state index in [1.165, 1.54) is 32.4 Å². The molecule has 2 rings (SSSR count). The van der Waals surface area contributed by atoms with Crippen molar-refractivity contribution in [2.24, 2.45) is 0 Å². The van der Waals surface area contributed by atoms with E-state index in [1.807, 2.05) is 0 Å². The van der Waals surface area contributed by atoms with Gasteiger partial charge in [0.25, 0.3) is 15.7 Å². The Morgan fingerprint density at radius 3 is 2.33 bits per heavy atom. The Kier molecular flexibility index (Phi) is 4.88. The molecule has 0 radical (unpaired) electrons. The number of halogens is 1. The fraction of sp³-hybridized carbons (Fsp3) is 0.143. The van der Waals surface area contributed by atoms with Crippen molar-refractivity contribution in [1.29, 1.82) is 0 Å². The molecule has 0 saturated heterocycles. The molecule has 0 heterocycles. The summed E-state index contributed by atoms with van der Waals surface area (Å²) >= 11 is 0. The number of rotatable bonds is 6. The van der Waals surface area contributed by atoms with Gasteiger partial charge in [0.15, 0.2) is 16.4 Å². The molecule has 10 heteroatoms. The molecule has 24 heavy (non-hydrogen) atoms. The summed E-state index contributed by atoms with van der Waals surface area (Å²) in [5, 5.41) is 11.0. The molecule has 128 valence electrons. The lowest BCUT2D eigenvalue weighted by Gasteiger charge is -2.12. The van der Waals surface area contributed by atoms with Crippen LogP contribution in [0.2, 0.25) is 0 Å². The maximum atomic E-state index is 13.2. The van der Waals surface area contributed by atoms with E-state index in [9.17, 15) is 22.9 Å². The summed E-state index contributed by atoms with van der Waals surface area (Å²) in [5.74, 6) is -0.258. The first-order valence-electron chi connectivity index (χ1n) is 6.47. The van der Waals surface area contributed by atoms with Crippen molar-refractivity contribution in [3.8, 4) is 11.5 Å². The van der Waals surface area contributed by atoms with Gasteiger partial charge in [0.2, 0.25) is 0 Å². The average Bonchev–Trinajstić information content (AvgIpc) is 2.53. The second kappa shape index (κ2) is 6.71. The zero-order chi connectivity index (χ0) is 17.9. The number of benzene rings is 2. The van der Waals surface area contributed by atoms with Gasteiger partial charge >= 0.3 is 0 Å². The first-order valence-corrected chi connectivity index (χ1v) is 7.95. The van der Waals surface area contributed by atoms with Gasteiger partial charge in [0.1, 0.15) is 5.82 Å². The van der Waals surface area contributed by atoms with Crippen molar-refractivity contribution in [2.75, 3.05) is 18.9 Å². The van der Waals surface area contributed by atoms with E-state index in [-0.39, 0.29) is 11.4 Å². The Bertz CT molecular complexity index is 885. The molecule has 0 aliphatic rings. The predicted molar refractivity (Wildman–Crippen MR) is 83.4 cm³/mol. The van der Waals surface area contributed by atoms with Crippen LogP contribution in [0.3, 0.4) is 0 Å². The minimum absolute atomic E-state index is 0.103. The highest BCUT2D eigenvalue weighted by molar-refractivity contribution is 7.92. The van der Waals surface area contributed by atoms with Crippen LogP contribution in [0.25, 0.3) is 0 Å². The molecule has 1 N–H and O–H groups in total. The highest BCUT2D eigenvalue weighted by atomic mass is 32.2.